The van der Waals surface area contributed by atoms with E-state index in [1.54, 1.807) is 47.0 Å². The second-order valence-corrected chi connectivity index (χ2v) is 7.82. The van der Waals surface area contributed by atoms with Crippen LogP contribution in [0.3, 0.4) is 0 Å². The third-order valence-corrected chi connectivity index (χ3v) is 5.65. The Hall–Kier alpha value is -2.71. The zero-order valence-electron chi connectivity index (χ0n) is 15.6. The van der Waals surface area contributed by atoms with Crippen LogP contribution in [0, 0.1) is 17.5 Å². The molecule has 8 heteroatoms. The average molecular weight is 417 g/mol. The van der Waals surface area contributed by atoms with E-state index in [2.05, 4.69) is 5.10 Å². The highest BCUT2D eigenvalue weighted by molar-refractivity contribution is 7.99. The van der Waals surface area contributed by atoms with E-state index in [0.29, 0.717) is 27.3 Å². The molecule has 2 aromatic carbocycles. The molecule has 150 valence electrons. The first-order valence-electron chi connectivity index (χ1n) is 8.95. The number of nitrogens with zero attached hydrogens (tertiary/aromatic N) is 3. The first-order valence-corrected chi connectivity index (χ1v) is 9.94. The predicted molar refractivity (Wildman–Crippen MR) is 107 cm³/mol. The summed E-state index contributed by atoms with van der Waals surface area (Å²) < 4.78 is 46.3. The highest BCUT2D eigenvalue weighted by atomic mass is 32.2. The smallest absolute Gasteiger partial charge is 0.136 e. The number of rotatable bonds is 6. The molecule has 0 amide bonds. The number of aryl methyl sites for hydroxylation is 1. The van der Waals surface area contributed by atoms with Gasteiger partial charge in [-0.25, -0.2) is 13.2 Å². The molecule has 4 aromatic rings. The largest absolute Gasteiger partial charge is 0.396 e. The molecule has 0 spiro atoms. The first kappa shape index (κ1) is 19.6. The lowest BCUT2D eigenvalue weighted by atomic mass is 10.1. The first-order chi connectivity index (χ1) is 14.0. The van der Waals surface area contributed by atoms with Crippen molar-refractivity contribution in [2.45, 2.75) is 11.4 Å². The molecule has 0 atom stereocenters. The number of halogens is 3. The molecule has 29 heavy (non-hydrogen) atoms. The minimum atomic E-state index is -0.694. The molecule has 0 aliphatic rings. The van der Waals surface area contributed by atoms with E-state index in [-0.39, 0.29) is 18.5 Å². The molecule has 0 aliphatic carbocycles. The van der Waals surface area contributed by atoms with Crippen LogP contribution in [0.5, 0.6) is 0 Å². The van der Waals surface area contributed by atoms with E-state index in [1.807, 2.05) is 0 Å². The zero-order valence-corrected chi connectivity index (χ0v) is 16.4. The van der Waals surface area contributed by atoms with Gasteiger partial charge in [-0.3, -0.25) is 4.68 Å². The fourth-order valence-corrected chi connectivity index (χ4v) is 4.17. The molecule has 4 rings (SSSR count). The Bertz CT molecular complexity index is 1190. The van der Waals surface area contributed by atoms with Gasteiger partial charge in [-0.2, -0.15) is 5.10 Å². The van der Waals surface area contributed by atoms with Crippen molar-refractivity contribution in [3.05, 3.63) is 71.9 Å². The van der Waals surface area contributed by atoms with Crippen LogP contribution in [0.15, 0.2) is 53.8 Å². The number of fused-ring (bicyclic) bond motifs is 1. The Labute approximate surface area is 169 Å². The number of aliphatic hydroxyl groups is 1. The lowest BCUT2D eigenvalue weighted by molar-refractivity contribution is 0.322. The van der Waals surface area contributed by atoms with Crippen molar-refractivity contribution in [1.29, 1.82) is 0 Å². The molecule has 0 aliphatic heterocycles. The number of hydrogen-bond acceptors (Lipinski definition) is 3. The molecule has 0 saturated heterocycles. The lowest BCUT2D eigenvalue weighted by Gasteiger charge is -2.08. The quantitative estimate of drug-likeness (QED) is 0.467. The average Bonchev–Trinajstić information content (AvgIpc) is 3.25. The summed E-state index contributed by atoms with van der Waals surface area (Å²) in [5.74, 6) is -1.40. The molecular weight excluding hydrogens is 399 g/mol. The SMILES string of the molecule is Cn1cc(-c2ccc(Cn3cc(SCCO)c4c(F)cc(F)cc43)c(F)c2)cn1. The molecule has 0 unspecified atom stereocenters. The number of benzene rings is 2. The van der Waals surface area contributed by atoms with E-state index < -0.39 is 17.5 Å². The van der Waals surface area contributed by atoms with Gasteiger partial charge in [-0.05, 0) is 17.7 Å². The summed E-state index contributed by atoms with van der Waals surface area (Å²) in [4.78, 5) is 0.582. The molecule has 0 fully saturated rings. The van der Waals surface area contributed by atoms with Crippen molar-refractivity contribution >= 4 is 22.7 Å². The van der Waals surface area contributed by atoms with Crippen molar-refractivity contribution in [2.75, 3.05) is 12.4 Å². The number of aliphatic hydroxyl groups excluding tert-OH is 1. The van der Waals surface area contributed by atoms with Gasteiger partial charge in [-0.1, -0.05) is 12.1 Å². The number of thioether (sulfide) groups is 1. The summed E-state index contributed by atoms with van der Waals surface area (Å²) in [6, 6.07) is 6.96. The third kappa shape index (κ3) is 3.90. The van der Waals surface area contributed by atoms with Crippen molar-refractivity contribution in [2.24, 2.45) is 7.05 Å². The van der Waals surface area contributed by atoms with Gasteiger partial charge in [0.1, 0.15) is 17.5 Å². The summed E-state index contributed by atoms with van der Waals surface area (Å²) in [5.41, 5.74) is 2.25. The fraction of sp³-hybridized carbons (Fsp3) is 0.190. The highest BCUT2D eigenvalue weighted by Gasteiger charge is 2.16. The van der Waals surface area contributed by atoms with Crippen LogP contribution in [0.1, 0.15) is 5.56 Å². The topological polar surface area (TPSA) is 43.0 Å². The Kier molecular flexibility index (Phi) is 5.38. The van der Waals surface area contributed by atoms with Crippen LogP contribution in [0.2, 0.25) is 0 Å². The minimum Gasteiger partial charge on any atom is -0.396 e. The fourth-order valence-electron chi connectivity index (χ4n) is 3.31. The van der Waals surface area contributed by atoms with Crippen LogP contribution >= 0.6 is 11.8 Å². The lowest BCUT2D eigenvalue weighted by Crippen LogP contribution is -2.01. The summed E-state index contributed by atoms with van der Waals surface area (Å²) in [5, 5.41) is 13.4. The van der Waals surface area contributed by atoms with Crippen LogP contribution in [0.25, 0.3) is 22.0 Å². The molecule has 0 bridgehead atoms. The van der Waals surface area contributed by atoms with Gasteiger partial charge >= 0.3 is 0 Å². The molecule has 0 radical (unpaired) electrons. The second kappa shape index (κ2) is 7.96. The van der Waals surface area contributed by atoms with Gasteiger partial charge in [0, 0.05) is 52.7 Å². The van der Waals surface area contributed by atoms with Gasteiger partial charge < -0.3 is 9.67 Å². The van der Waals surface area contributed by atoms with Crippen LogP contribution < -0.4 is 0 Å². The van der Waals surface area contributed by atoms with E-state index in [1.165, 1.54) is 23.9 Å². The van der Waals surface area contributed by atoms with Crippen molar-refractivity contribution in [3.63, 3.8) is 0 Å². The van der Waals surface area contributed by atoms with Crippen LogP contribution in [0.4, 0.5) is 13.2 Å². The van der Waals surface area contributed by atoms with Crippen LogP contribution in [-0.2, 0) is 13.6 Å². The maximum atomic E-state index is 14.8. The van der Waals surface area contributed by atoms with Crippen molar-refractivity contribution in [1.82, 2.24) is 14.3 Å². The van der Waals surface area contributed by atoms with E-state index >= 15 is 0 Å². The number of hydrogen-bond donors (Lipinski definition) is 1. The highest BCUT2D eigenvalue weighted by Crippen LogP contribution is 2.33. The summed E-state index contributed by atoms with van der Waals surface area (Å²) in [6.07, 6.45) is 5.12. The minimum absolute atomic E-state index is 0.0649. The van der Waals surface area contributed by atoms with Crippen molar-refractivity contribution < 1.29 is 18.3 Å². The van der Waals surface area contributed by atoms with E-state index in [4.69, 9.17) is 5.11 Å². The Balaban J connectivity index is 1.72. The maximum absolute atomic E-state index is 14.8. The Morgan fingerprint density at radius 3 is 2.55 bits per heavy atom. The Morgan fingerprint density at radius 1 is 1.03 bits per heavy atom. The zero-order chi connectivity index (χ0) is 20.5. The third-order valence-electron chi connectivity index (χ3n) is 4.64. The van der Waals surface area contributed by atoms with Gasteiger partial charge in [0.25, 0.3) is 0 Å². The molecular formula is C21H18F3N3OS. The van der Waals surface area contributed by atoms with Crippen LogP contribution in [-0.4, -0.2) is 31.8 Å². The molecule has 1 N–H and O–H groups in total. The Morgan fingerprint density at radius 2 is 1.86 bits per heavy atom. The predicted octanol–water partition coefficient (Wildman–Crippen LogP) is 4.59. The van der Waals surface area contributed by atoms with Crippen molar-refractivity contribution in [3.8, 4) is 11.1 Å². The molecule has 0 saturated carbocycles. The standard InChI is InChI=1S/C21H18F3N3OS/c1-26-10-15(9-25-26)13-2-3-14(17(23)6-13)11-27-12-20(29-5-4-28)21-18(24)7-16(22)8-19(21)27/h2-3,6-10,12,28H,4-5,11H2,1H3. The molecule has 2 aromatic heterocycles. The number of aromatic nitrogens is 3. The summed E-state index contributed by atoms with van der Waals surface area (Å²) in [7, 11) is 1.79. The maximum Gasteiger partial charge on any atom is 0.136 e. The van der Waals surface area contributed by atoms with Gasteiger partial charge in [0.15, 0.2) is 0 Å². The van der Waals surface area contributed by atoms with Gasteiger partial charge in [0.05, 0.1) is 24.9 Å². The normalized spacial score (nSPS) is 11.5. The molecule has 4 nitrogen and oxygen atoms in total. The van der Waals surface area contributed by atoms with Gasteiger partial charge in [0.2, 0.25) is 0 Å². The molecule has 2 heterocycles. The van der Waals surface area contributed by atoms with Gasteiger partial charge in [-0.15, -0.1) is 11.8 Å². The summed E-state index contributed by atoms with van der Waals surface area (Å²) >= 11 is 1.27. The summed E-state index contributed by atoms with van der Waals surface area (Å²) in [6.45, 7) is 0.0584. The monoisotopic (exact) mass is 417 g/mol. The van der Waals surface area contributed by atoms with E-state index in [0.717, 1.165) is 11.6 Å². The van der Waals surface area contributed by atoms with E-state index in [9.17, 15) is 13.2 Å². The second-order valence-electron chi connectivity index (χ2n) is 6.68.